The Bertz CT molecular complexity index is 726. The topological polar surface area (TPSA) is 49.4 Å². The predicted molar refractivity (Wildman–Crippen MR) is 109 cm³/mol. The van der Waals surface area contributed by atoms with E-state index in [0.29, 0.717) is 25.9 Å². The number of aryl methyl sites for hydroxylation is 2. The van der Waals surface area contributed by atoms with Gasteiger partial charge in [0.1, 0.15) is 6.04 Å². The van der Waals surface area contributed by atoms with Gasteiger partial charge in [-0.25, -0.2) is 0 Å². The first kappa shape index (κ1) is 20.7. The van der Waals surface area contributed by atoms with Crippen molar-refractivity contribution in [2.45, 2.75) is 52.6 Å². The quantitative estimate of drug-likeness (QED) is 0.732. The van der Waals surface area contributed by atoms with Crippen molar-refractivity contribution >= 4 is 11.8 Å². The number of rotatable bonds is 9. The molecule has 144 valence electrons. The lowest BCUT2D eigenvalue weighted by Crippen LogP contribution is -2.47. The number of hydrogen-bond acceptors (Lipinski definition) is 2. The fourth-order valence-corrected chi connectivity index (χ4v) is 2.91. The lowest BCUT2D eigenvalue weighted by molar-refractivity contribution is -0.140. The van der Waals surface area contributed by atoms with Crippen LogP contribution in [0.1, 0.15) is 43.4 Å². The van der Waals surface area contributed by atoms with Gasteiger partial charge in [-0.3, -0.25) is 9.59 Å². The Morgan fingerprint density at radius 1 is 1.00 bits per heavy atom. The standard InChI is InChI=1S/C23H30N2O2/c1-4-16-24-23(27)19(3)25(17-21-8-6-5-7-9-21)22(26)15-14-20-12-10-18(2)11-13-20/h5-13,19H,4,14-17H2,1-3H3,(H,24,27). The highest BCUT2D eigenvalue weighted by Gasteiger charge is 2.25. The van der Waals surface area contributed by atoms with Gasteiger partial charge in [-0.15, -0.1) is 0 Å². The van der Waals surface area contributed by atoms with E-state index in [4.69, 9.17) is 0 Å². The van der Waals surface area contributed by atoms with Crippen LogP contribution >= 0.6 is 0 Å². The average molecular weight is 367 g/mol. The normalized spacial score (nSPS) is 11.7. The van der Waals surface area contributed by atoms with E-state index >= 15 is 0 Å². The first-order valence-corrected chi connectivity index (χ1v) is 9.68. The summed E-state index contributed by atoms with van der Waals surface area (Å²) in [5.74, 6) is -0.102. The van der Waals surface area contributed by atoms with E-state index in [1.807, 2.05) is 44.2 Å². The zero-order chi connectivity index (χ0) is 19.6. The second-order valence-electron chi connectivity index (χ2n) is 6.96. The van der Waals surface area contributed by atoms with Crippen LogP contribution in [0.3, 0.4) is 0 Å². The highest BCUT2D eigenvalue weighted by Crippen LogP contribution is 2.13. The molecular weight excluding hydrogens is 336 g/mol. The van der Waals surface area contributed by atoms with Crippen molar-refractivity contribution < 1.29 is 9.59 Å². The molecule has 1 atom stereocenters. The number of carbonyl (C=O) groups is 2. The molecule has 0 aliphatic rings. The number of amides is 2. The molecule has 0 saturated heterocycles. The molecule has 2 amide bonds. The SMILES string of the molecule is CCCNC(=O)C(C)N(Cc1ccccc1)C(=O)CCc1ccc(C)cc1. The van der Waals surface area contributed by atoms with E-state index in [1.54, 1.807) is 11.8 Å². The monoisotopic (exact) mass is 366 g/mol. The van der Waals surface area contributed by atoms with Crippen molar-refractivity contribution in [2.75, 3.05) is 6.54 Å². The van der Waals surface area contributed by atoms with Crippen molar-refractivity contribution in [1.29, 1.82) is 0 Å². The smallest absolute Gasteiger partial charge is 0.242 e. The molecule has 0 spiro atoms. The minimum atomic E-state index is -0.498. The third-order valence-electron chi connectivity index (χ3n) is 4.66. The third kappa shape index (κ3) is 6.55. The molecular formula is C23H30N2O2. The molecule has 2 rings (SSSR count). The second kappa shape index (κ2) is 10.5. The van der Waals surface area contributed by atoms with E-state index in [9.17, 15) is 9.59 Å². The summed E-state index contributed by atoms with van der Waals surface area (Å²) in [4.78, 5) is 27.1. The average Bonchev–Trinajstić information content (AvgIpc) is 2.69. The Morgan fingerprint density at radius 3 is 2.30 bits per heavy atom. The maximum Gasteiger partial charge on any atom is 0.242 e. The van der Waals surface area contributed by atoms with Gasteiger partial charge in [-0.2, -0.15) is 0 Å². The lowest BCUT2D eigenvalue weighted by atomic mass is 10.1. The van der Waals surface area contributed by atoms with Crippen molar-refractivity contribution in [1.82, 2.24) is 10.2 Å². The zero-order valence-electron chi connectivity index (χ0n) is 16.6. The predicted octanol–water partition coefficient (Wildman–Crippen LogP) is 3.87. The first-order chi connectivity index (χ1) is 13.0. The van der Waals surface area contributed by atoms with Gasteiger partial charge >= 0.3 is 0 Å². The van der Waals surface area contributed by atoms with Crippen LogP contribution in [0.2, 0.25) is 0 Å². The minimum absolute atomic E-state index is 0.00132. The summed E-state index contributed by atoms with van der Waals surface area (Å²) in [6.45, 7) is 6.93. The molecule has 2 aromatic carbocycles. The molecule has 1 N–H and O–H groups in total. The van der Waals surface area contributed by atoms with Gasteiger partial charge in [0.2, 0.25) is 11.8 Å². The summed E-state index contributed by atoms with van der Waals surface area (Å²) in [7, 11) is 0. The summed E-state index contributed by atoms with van der Waals surface area (Å²) in [6, 6.07) is 17.5. The molecule has 0 aliphatic carbocycles. The number of carbonyl (C=O) groups excluding carboxylic acids is 2. The van der Waals surface area contributed by atoms with Gasteiger partial charge < -0.3 is 10.2 Å². The van der Waals surface area contributed by atoms with Crippen LogP contribution in [0.25, 0.3) is 0 Å². The van der Waals surface area contributed by atoms with Gasteiger partial charge in [0, 0.05) is 19.5 Å². The first-order valence-electron chi connectivity index (χ1n) is 9.68. The summed E-state index contributed by atoms with van der Waals surface area (Å²) >= 11 is 0. The molecule has 0 heterocycles. The second-order valence-corrected chi connectivity index (χ2v) is 6.96. The maximum absolute atomic E-state index is 13.0. The van der Waals surface area contributed by atoms with Crippen LogP contribution in [0, 0.1) is 6.92 Å². The molecule has 4 nitrogen and oxygen atoms in total. The zero-order valence-corrected chi connectivity index (χ0v) is 16.6. The molecule has 27 heavy (non-hydrogen) atoms. The molecule has 0 aliphatic heterocycles. The summed E-state index contributed by atoms with van der Waals surface area (Å²) in [6.07, 6.45) is 1.94. The van der Waals surface area contributed by atoms with E-state index in [2.05, 4.69) is 29.6 Å². The highest BCUT2D eigenvalue weighted by atomic mass is 16.2. The van der Waals surface area contributed by atoms with E-state index in [0.717, 1.165) is 17.5 Å². The fraction of sp³-hybridized carbons (Fsp3) is 0.391. The van der Waals surface area contributed by atoms with Gasteiger partial charge in [0.15, 0.2) is 0 Å². The van der Waals surface area contributed by atoms with Gasteiger partial charge in [-0.1, -0.05) is 67.1 Å². The molecule has 0 saturated carbocycles. The van der Waals surface area contributed by atoms with Crippen LogP contribution in [0.4, 0.5) is 0 Å². The van der Waals surface area contributed by atoms with Crippen LogP contribution in [-0.4, -0.2) is 29.3 Å². The maximum atomic E-state index is 13.0. The van der Waals surface area contributed by atoms with E-state index in [1.165, 1.54) is 5.56 Å². The summed E-state index contributed by atoms with van der Waals surface area (Å²) in [5.41, 5.74) is 3.37. The van der Waals surface area contributed by atoms with E-state index < -0.39 is 6.04 Å². The lowest BCUT2D eigenvalue weighted by Gasteiger charge is -2.29. The van der Waals surface area contributed by atoms with Crippen molar-refractivity contribution in [3.05, 3.63) is 71.3 Å². The highest BCUT2D eigenvalue weighted by molar-refractivity contribution is 5.87. The Labute approximate surface area is 162 Å². The van der Waals surface area contributed by atoms with Crippen LogP contribution < -0.4 is 5.32 Å². The minimum Gasteiger partial charge on any atom is -0.354 e. The molecule has 0 fully saturated rings. The number of nitrogens with one attached hydrogen (secondary N) is 1. The van der Waals surface area contributed by atoms with Gasteiger partial charge in [-0.05, 0) is 37.8 Å². The van der Waals surface area contributed by atoms with Crippen molar-refractivity contribution in [3.8, 4) is 0 Å². The number of benzene rings is 2. The Hall–Kier alpha value is -2.62. The molecule has 0 bridgehead atoms. The van der Waals surface area contributed by atoms with E-state index in [-0.39, 0.29) is 11.8 Å². The molecule has 1 unspecified atom stereocenters. The van der Waals surface area contributed by atoms with Crippen LogP contribution in [-0.2, 0) is 22.6 Å². The van der Waals surface area contributed by atoms with Crippen molar-refractivity contribution in [3.63, 3.8) is 0 Å². The molecule has 0 aromatic heterocycles. The summed E-state index contributed by atoms with van der Waals surface area (Å²) < 4.78 is 0. The molecule has 0 radical (unpaired) electrons. The van der Waals surface area contributed by atoms with Crippen molar-refractivity contribution in [2.24, 2.45) is 0 Å². The fourth-order valence-electron chi connectivity index (χ4n) is 2.91. The van der Waals surface area contributed by atoms with Gasteiger partial charge in [0.05, 0.1) is 0 Å². The Morgan fingerprint density at radius 2 is 1.67 bits per heavy atom. The number of hydrogen-bond donors (Lipinski definition) is 1. The molecule has 2 aromatic rings. The Kier molecular flexibility index (Phi) is 8.05. The molecule has 4 heteroatoms. The van der Waals surface area contributed by atoms with Crippen LogP contribution in [0.5, 0.6) is 0 Å². The third-order valence-corrected chi connectivity index (χ3v) is 4.66. The summed E-state index contributed by atoms with van der Waals surface area (Å²) in [5, 5.41) is 2.90. The number of nitrogens with zero attached hydrogens (tertiary/aromatic N) is 1. The Balaban J connectivity index is 2.08. The largest absolute Gasteiger partial charge is 0.354 e. The van der Waals surface area contributed by atoms with Crippen LogP contribution in [0.15, 0.2) is 54.6 Å². The van der Waals surface area contributed by atoms with Gasteiger partial charge in [0.25, 0.3) is 0 Å².